The third kappa shape index (κ3) is 4.43. The van der Waals surface area contributed by atoms with E-state index in [4.69, 9.17) is 11.4 Å². The van der Waals surface area contributed by atoms with Crippen molar-refractivity contribution in [2.24, 2.45) is 0 Å². The van der Waals surface area contributed by atoms with E-state index in [0.717, 1.165) is 41.4 Å². The summed E-state index contributed by atoms with van der Waals surface area (Å²) in [5.74, 6) is 1.96. The number of pyridine rings is 1. The quantitative estimate of drug-likeness (QED) is 0.255. The Bertz CT molecular complexity index is 1500. The Morgan fingerprint density at radius 2 is 1.79 bits per heavy atom. The van der Waals surface area contributed by atoms with Gasteiger partial charge in [-0.15, -0.1) is 17.8 Å². The highest BCUT2D eigenvalue weighted by molar-refractivity contribution is 7.13. The molecule has 0 amide bonds. The van der Waals surface area contributed by atoms with Crippen molar-refractivity contribution < 1.29 is 8.78 Å². The van der Waals surface area contributed by atoms with E-state index in [-0.39, 0.29) is 5.69 Å². The molecule has 0 saturated carbocycles. The zero-order valence-electron chi connectivity index (χ0n) is 18.3. The lowest BCUT2D eigenvalue weighted by molar-refractivity contribution is 0.586. The van der Waals surface area contributed by atoms with Crippen molar-refractivity contribution in [2.75, 3.05) is 5.32 Å². The summed E-state index contributed by atoms with van der Waals surface area (Å²) in [7, 11) is 0. The Labute approximate surface area is 200 Å². The van der Waals surface area contributed by atoms with Crippen LogP contribution in [0.1, 0.15) is 23.1 Å². The Hall–Kier alpha value is -3.95. The standard InChI is InChI=1S/C28H21F2N3S/c1-2-21-14-16-34-27(21)26-28(31-24-12-11-22(29)18-23(24)30)33-15-13-20(17-25(33)32-26)10-6-9-19-7-4-3-5-8-19/h1,3-5,7-8,11-18,31H,6,9-10H2. The summed E-state index contributed by atoms with van der Waals surface area (Å²) in [5, 5.41) is 5.02. The fourth-order valence-corrected chi connectivity index (χ4v) is 4.83. The molecule has 5 aromatic rings. The van der Waals surface area contributed by atoms with Gasteiger partial charge in [-0.05, 0) is 66.1 Å². The zero-order chi connectivity index (χ0) is 23.5. The van der Waals surface area contributed by atoms with Crippen LogP contribution in [-0.2, 0) is 12.8 Å². The predicted molar refractivity (Wildman–Crippen MR) is 135 cm³/mol. The molecular weight excluding hydrogens is 448 g/mol. The molecule has 34 heavy (non-hydrogen) atoms. The first-order valence-corrected chi connectivity index (χ1v) is 11.8. The number of hydrogen-bond acceptors (Lipinski definition) is 3. The molecule has 0 unspecified atom stereocenters. The largest absolute Gasteiger partial charge is 0.337 e. The van der Waals surface area contributed by atoms with Gasteiger partial charge in [-0.1, -0.05) is 36.3 Å². The number of rotatable bonds is 7. The molecule has 0 aliphatic heterocycles. The van der Waals surface area contributed by atoms with Crippen molar-refractivity contribution >= 4 is 28.5 Å². The summed E-state index contributed by atoms with van der Waals surface area (Å²) in [6.07, 6.45) is 10.6. The molecule has 0 aliphatic rings. The highest BCUT2D eigenvalue weighted by atomic mass is 32.1. The Balaban J connectivity index is 1.50. The SMILES string of the molecule is C#Cc1ccsc1-c1nc2cc(CCCc3ccccc3)ccn2c1Nc1ccc(F)cc1F. The van der Waals surface area contributed by atoms with E-state index in [1.54, 1.807) is 0 Å². The minimum absolute atomic E-state index is 0.162. The van der Waals surface area contributed by atoms with Crippen LogP contribution in [0.15, 0.2) is 78.3 Å². The third-order valence-corrected chi connectivity index (χ3v) is 6.61. The monoisotopic (exact) mass is 469 g/mol. The van der Waals surface area contributed by atoms with Crippen molar-refractivity contribution in [1.82, 2.24) is 9.38 Å². The molecule has 5 rings (SSSR count). The van der Waals surface area contributed by atoms with Crippen LogP contribution in [0.25, 0.3) is 16.2 Å². The minimum atomic E-state index is -0.679. The molecule has 2 aromatic carbocycles. The average Bonchev–Trinajstić information content (AvgIpc) is 3.45. The van der Waals surface area contributed by atoms with E-state index in [2.05, 4.69) is 35.5 Å². The zero-order valence-corrected chi connectivity index (χ0v) is 19.1. The molecule has 6 heteroatoms. The van der Waals surface area contributed by atoms with Crippen LogP contribution in [0.2, 0.25) is 0 Å². The first-order valence-electron chi connectivity index (χ1n) is 10.9. The molecule has 0 fully saturated rings. The lowest BCUT2D eigenvalue weighted by Crippen LogP contribution is -2.00. The maximum Gasteiger partial charge on any atom is 0.149 e. The van der Waals surface area contributed by atoms with Gasteiger partial charge < -0.3 is 5.32 Å². The van der Waals surface area contributed by atoms with Gasteiger partial charge in [-0.3, -0.25) is 4.40 Å². The first-order chi connectivity index (χ1) is 16.6. The van der Waals surface area contributed by atoms with Gasteiger partial charge >= 0.3 is 0 Å². The number of terminal acetylenes is 1. The highest BCUT2D eigenvalue weighted by Gasteiger charge is 2.19. The minimum Gasteiger partial charge on any atom is -0.337 e. The van der Waals surface area contributed by atoms with Gasteiger partial charge in [0.1, 0.15) is 28.8 Å². The first kappa shape index (κ1) is 21.9. The number of benzene rings is 2. The molecule has 1 N–H and O–H groups in total. The summed E-state index contributed by atoms with van der Waals surface area (Å²) >= 11 is 1.48. The topological polar surface area (TPSA) is 29.3 Å². The number of aromatic nitrogens is 2. The van der Waals surface area contributed by atoms with Gasteiger partial charge in [0.25, 0.3) is 0 Å². The smallest absolute Gasteiger partial charge is 0.149 e. The molecule has 0 saturated heterocycles. The van der Waals surface area contributed by atoms with E-state index in [1.807, 2.05) is 40.2 Å². The lowest BCUT2D eigenvalue weighted by Gasteiger charge is -2.10. The number of anilines is 2. The highest BCUT2D eigenvalue weighted by Crippen LogP contribution is 2.37. The second-order valence-corrected chi connectivity index (χ2v) is 8.88. The van der Waals surface area contributed by atoms with Gasteiger partial charge in [0.05, 0.1) is 10.6 Å². The molecular formula is C28H21F2N3S. The number of thiophene rings is 1. The van der Waals surface area contributed by atoms with E-state index in [1.165, 1.54) is 34.6 Å². The number of nitrogens with zero attached hydrogens (tertiary/aromatic N) is 2. The molecule has 0 bridgehead atoms. The molecule has 3 aromatic heterocycles. The summed E-state index contributed by atoms with van der Waals surface area (Å²) in [5.41, 5.74) is 4.73. The average molecular weight is 470 g/mol. The lowest BCUT2D eigenvalue weighted by atomic mass is 10.0. The van der Waals surface area contributed by atoms with Gasteiger partial charge in [-0.25, -0.2) is 13.8 Å². The van der Waals surface area contributed by atoms with Crippen molar-refractivity contribution in [3.63, 3.8) is 0 Å². The normalized spacial score (nSPS) is 11.0. The Morgan fingerprint density at radius 3 is 2.59 bits per heavy atom. The second-order valence-electron chi connectivity index (χ2n) is 7.97. The van der Waals surface area contributed by atoms with Crippen LogP contribution in [0.5, 0.6) is 0 Å². The number of hydrogen-bond donors (Lipinski definition) is 1. The summed E-state index contributed by atoms with van der Waals surface area (Å²) < 4.78 is 29.7. The van der Waals surface area contributed by atoms with Gasteiger partial charge in [-0.2, -0.15) is 0 Å². The van der Waals surface area contributed by atoms with Gasteiger partial charge in [0.15, 0.2) is 0 Å². The number of imidazole rings is 1. The van der Waals surface area contributed by atoms with E-state index in [0.29, 0.717) is 11.5 Å². The third-order valence-electron chi connectivity index (χ3n) is 5.68. The van der Waals surface area contributed by atoms with Crippen LogP contribution in [0, 0.1) is 24.0 Å². The maximum absolute atomic E-state index is 14.4. The molecule has 0 atom stereocenters. The van der Waals surface area contributed by atoms with Crippen LogP contribution in [-0.4, -0.2) is 9.38 Å². The van der Waals surface area contributed by atoms with Crippen molar-refractivity contribution in [2.45, 2.75) is 19.3 Å². The van der Waals surface area contributed by atoms with Crippen molar-refractivity contribution in [1.29, 1.82) is 0 Å². The van der Waals surface area contributed by atoms with E-state index >= 15 is 0 Å². The molecule has 0 radical (unpaired) electrons. The fraction of sp³-hybridized carbons (Fsp3) is 0.107. The summed E-state index contributed by atoms with van der Waals surface area (Å²) in [6.45, 7) is 0. The summed E-state index contributed by atoms with van der Waals surface area (Å²) in [4.78, 5) is 5.67. The molecule has 0 spiro atoms. The van der Waals surface area contributed by atoms with Gasteiger partial charge in [0, 0.05) is 17.8 Å². The number of halogens is 2. The van der Waals surface area contributed by atoms with Crippen molar-refractivity contribution in [3.8, 4) is 22.9 Å². The predicted octanol–water partition coefficient (Wildman–Crippen LogP) is 7.24. The van der Waals surface area contributed by atoms with Crippen LogP contribution in [0.4, 0.5) is 20.3 Å². The van der Waals surface area contributed by atoms with E-state index < -0.39 is 11.6 Å². The van der Waals surface area contributed by atoms with E-state index in [9.17, 15) is 8.78 Å². The number of nitrogens with one attached hydrogen (secondary N) is 1. The van der Waals surface area contributed by atoms with Crippen molar-refractivity contribution in [3.05, 3.63) is 107 Å². The molecule has 3 nitrogen and oxygen atoms in total. The molecule has 0 aliphatic carbocycles. The maximum atomic E-state index is 14.4. The number of fused-ring (bicyclic) bond motifs is 1. The molecule has 3 heterocycles. The number of aryl methyl sites for hydroxylation is 2. The Morgan fingerprint density at radius 1 is 0.971 bits per heavy atom. The second kappa shape index (κ2) is 9.50. The summed E-state index contributed by atoms with van der Waals surface area (Å²) in [6, 6.07) is 19.8. The fourth-order valence-electron chi connectivity index (χ4n) is 3.99. The molecule has 168 valence electrons. The van der Waals surface area contributed by atoms with Crippen LogP contribution < -0.4 is 5.32 Å². The Kier molecular flexibility index (Phi) is 6.11. The van der Waals surface area contributed by atoms with Crippen LogP contribution in [0.3, 0.4) is 0 Å². The van der Waals surface area contributed by atoms with Crippen LogP contribution >= 0.6 is 11.3 Å². The van der Waals surface area contributed by atoms with Gasteiger partial charge in [0.2, 0.25) is 0 Å².